The van der Waals surface area contributed by atoms with Gasteiger partial charge >= 0.3 is 0 Å². The van der Waals surface area contributed by atoms with Crippen LogP contribution in [0.2, 0.25) is 0 Å². The first-order valence-electron chi connectivity index (χ1n) is 5.44. The highest BCUT2D eigenvalue weighted by Gasteiger charge is 2.41. The Hall–Kier alpha value is -0.530. The van der Waals surface area contributed by atoms with Gasteiger partial charge in [0.25, 0.3) is 0 Å². The average Bonchev–Trinajstić information content (AvgIpc) is 2.62. The van der Waals surface area contributed by atoms with Crippen molar-refractivity contribution in [2.45, 2.75) is 45.6 Å². The monoisotopic (exact) mass is 181 g/mol. The Labute approximate surface area is 80.1 Å². The minimum Gasteiger partial charge on any atom is -0.354 e. The van der Waals surface area contributed by atoms with Crippen LogP contribution in [0.3, 0.4) is 0 Å². The molecule has 0 aromatic carbocycles. The predicted octanol–water partition coefficient (Wildman–Crippen LogP) is 1.95. The second-order valence-corrected chi connectivity index (χ2v) is 4.83. The number of amides is 1. The summed E-state index contributed by atoms with van der Waals surface area (Å²) in [4.78, 5) is 10.9. The van der Waals surface area contributed by atoms with E-state index in [-0.39, 0.29) is 5.91 Å². The zero-order valence-electron chi connectivity index (χ0n) is 8.55. The third-order valence-corrected chi connectivity index (χ3v) is 3.87. The number of hydrogen-bond donors (Lipinski definition) is 1. The fourth-order valence-electron chi connectivity index (χ4n) is 3.33. The number of fused-ring (bicyclic) bond motifs is 2. The normalized spacial score (nSPS) is 39.1. The smallest absolute Gasteiger partial charge is 0.217 e. The summed E-state index contributed by atoms with van der Waals surface area (Å²) < 4.78 is 0. The molecule has 0 spiro atoms. The lowest BCUT2D eigenvalue weighted by atomic mass is 9.84. The third-order valence-electron chi connectivity index (χ3n) is 3.87. The van der Waals surface area contributed by atoms with Gasteiger partial charge in [0.1, 0.15) is 0 Å². The van der Waals surface area contributed by atoms with Gasteiger partial charge in [0, 0.05) is 13.0 Å². The van der Waals surface area contributed by atoms with E-state index in [9.17, 15) is 4.79 Å². The van der Waals surface area contributed by atoms with Gasteiger partial charge in [-0.05, 0) is 43.9 Å². The molecule has 2 aliphatic carbocycles. The standard InChI is InChI=1S/C11H19NO/c1-7(12-8(2)13)11-6-9-3-4-10(11)5-9/h7,9-11H,3-6H2,1-2H3,(H,12,13)/t7-,9-,10-,11+/m0/s1. The Bertz CT molecular complexity index is 214. The lowest BCUT2D eigenvalue weighted by molar-refractivity contribution is -0.120. The summed E-state index contributed by atoms with van der Waals surface area (Å²) in [5, 5.41) is 3.03. The molecular weight excluding hydrogens is 162 g/mol. The second kappa shape index (κ2) is 3.32. The minimum absolute atomic E-state index is 0.121. The molecule has 0 aliphatic heterocycles. The molecule has 2 heteroatoms. The predicted molar refractivity (Wildman–Crippen MR) is 52.2 cm³/mol. The van der Waals surface area contributed by atoms with Crippen LogP contribution in [0.25, 0.3) is 0 Å². The summed E-state index contributed by atoms with van der Waals surface area (Å²) >= 11 is 0. The van der Waals surface area contributed by atoms with Crippen molar-refractivity contribution in [2.24, 2.45) is 17.8 Å². The van der Waals surface area contributed by atoms with Gasteiger partial charge < -0.3 is 5.32 Å². The van der Waals surface area contributed by atoms with Crippen molar-refractivity contribution in [1.82, 2.24) is 5.32 Å². The van der Waals surface area contributed by atoms with Crippen molar-refractivity contribution in [1.29, 1.82) is 0 Å². The molecule has 2 fully saturated rings. The molecule has 1 amide bonds. The summed E-state index contributed by atoms with van der Waals surface area (Å²) in [7, 11) is 0. The van der Waals surface area contributed by atoms with Gasteiger partial charge in [0.15, 0.2) is 0 Å². The van der Waals surface area contributed by atoms with Crippen LogP contribution in [0.1, 0.15) is 39.5 Å². The number of carbonyl (C=O) groups is 1. The van der Waals surface area contributed by atoms with Crippen molar-refractivity contribution in [3.05, 3.63) is 0 Å². The van der Waals surface area contributed by atoms with Crippen LogP contribution >= 0.6 is 0 Å². The molecule has 0 aromatic heterocycles. The van der Waals surface area contributed by atoms with Gasteiger partial charge in [0.2, 0.25) is 5.91 Å². The van der Waals surface area contributed by atoms with Crippen molar-refractivity contribution >= 4 is 5.91 Å². The van der Waals surface area contributed by atoms with E-state index in [1.807, 2.05) is 0 Å². The fourth-order valence-corrected chi connectivity index (χ4v) is 3.33. The molecule has 2 rings (SSSR count). The van der Waals surface area contributed by atoms with E-state index in [0.717, 1.165) is 17.8 Å². The molecule has 2 saturated carbocycles. The molecule has 0 heterocycles. The molecule has 0 aromatic rings. The van der Waals surface area contributed by atoms with Gasteiger partial charge in [-0.3, -0.25) is 4.79 Å². The molecule has 0 unspecified atom stereocenters. The summed E-state index contributed by atoms with van der Waals surface area (Å²) in [5.41, 5.74) is 0. The molecule has 4 atom stereocenters. The number of carbonyl (C=O) groups excluding carboxylic acids is 1. The molecule has 13 heavy (non-hydrogen) atoms. The number of nitrogens with one attached hydrogen (secondary N) is 1. The first kappa shape index (κ1) is 9.04. The third kappa shape index (κ3) is 1.72. The molecule has 1 N–H and O–H groups in total. The molecule has 74 valence electrons. The Kier molecular flexibility index (Phi) is 2.31. The van der Waals surface area contributed by atoms with Crippen molar-refractivity contribution < 1.29 is 4.79 Å². The van der Waals surface area contributed by atoms with E-state index in [1.54, 1.807) is 6.92 Å². The van der Waals surface area contributed by atoms with Gasteiger partial charge in [-0.15, -0.1) is 0 Å². The van der Waals surface area contributed by atoms with Crippen LogP contribution in [-0.4, -0.2) is 11.9 Å². The Balaban J connectivity index is 1.91. The average molecular weight is 181 g/mol. The maximum absolute atomic E-state index is 10.9. The first-order valence-corrected chi connectivity index (χ1v) is 5.44. The van der Waals surface area contributed by atoms with Crippen LogP contribution in [-0.2, 0) is 4.79 Å². The van der Waals surface area contributed by atoms with E-state index in [4.69, 9.17) is 0 Å². The van der Waals surface area contributed by atoms with Gasteiger partial charge in [-0.2, -0.15) is 0 Å². The highest BCUT2D eigenvalue weighted by atomic mass is 16.1. The molecule has 0 radical (unpaired) electrons. The molecule has 2 aliphatic rings. The summed E-state index contributed by atoms with van der Waals surface area (Å²) in [6.45, 7) is 3.77. The molecule has 0 saturated heterocycles. The van der Waals surface area contributed by atoms with E-state index in [2.05, 4.69) is 12.2 Å². The van der Waals surface area contributed by atoms with E-state index in [1.165, 1.54) is 25.7 Å². The maximum atomic E-state index is 10.9. The van der Waals surface area contributed by atoms with Crippen molar-refractivity contribution in [3.8, 4) is 0 Å². The highest BCUT2D eigenvalue weighted by molar-refractivity contribution is 5.73. The number of hydrogen-bond acceptors (Lipinski definition) is 1. The van der Waals surface area contributed by atoms with Crippen LogP contribution in [0.4, 0.5) is 0 Å². The number of rotatable bonds is 2. The van der Waals surface area contributed by atoms with Crippen LogP contribution in [0, 0.1) is 17.8 Å². The lowest BCUT2D eigenvalue weighted by Gasteiger charge is -2.28. The van der Waals surface area contributed by atoms with Crippen LogP contribution < -0.4 is 5.32 Å². The largest absolute Gasteiger partial charge is 0.354 e. The zero-order valence-corrected chi connectivity index (χ0v) is 8.55. The Morgan fingerprint density at radius 1 is 1.38 bits per heavy atom. The first-order chi connectivity index (χ1) is 6.16. The van der Waals surface area contributed by atoms with Gasteiger partial charge in [-0.1, -0.05) is 6.42 Å². The summed E-state index contributed by atoms with van der Waals surface area (Å²) in [5.74, 6) is 2.77. The van der Waals surface area contributed by atoms with E-state index >= 15 is 0 Å². The van der Waals surface area contributed by atoms with E-state index < -0.39 is 0 Å². The topological polar surface area (TPSA) is 29.1 Å². The SMILES string of the molecule is CC(=O)N[C@@H](C)[C@H]1C[C@H]2CC[C@H]1C2. The fraction of sp³-hybridized carbons (Fsp3) is 0.909. The summed E-state index contributed by atoms with van der Waals surface area (Å²) in [6.07, 6.45) is 5.62. The van der Waals surface area contributed by atoms with Gasteiger partial charge in [0.05, 0.1) is 0 Å². The quantitative estimate of drug-likeness (QED) is 0.693. The van der Waals surface area contributed by atoms with E-state index in [0.29, 0.717) is 6.04 Å². The molecule has 2 bridgehead atoms. The Morgan fingerprint density at radius 2 is 2.15 bits per heavy atom. The van der Waals surface area contributed by atoms with Crippen molar-refractivity contribution in [3.63, 3.8) is 0 Å². The van der Waals surface area contributed by atoms with Crippen LogP contribution in [0.5, 0.6) is 0 Å². The second-order valence-electron chi connectivity index (χ2n) is 4.83. The van der Waals surface area contributed by atoms with Crippen LogP contribution in [0.15, 0.2) is 0 Å². The minimum atomic E-state index is 0.121. The summed E-state index contributed by atoms with van der Waals surface area (Å²) in [6, 6.07) is 0.396. The van der Waals surface area contributed by atoms with Crippen molar-refractivity contribution in [2.75, 3.05) is 0 Å². The zero-order chi connectivity index (χ0) is 9.42. The van der Waals surface area contributed by atoms with Gasteiger partial charge in [-0.25, -0.2) is 0 Å². The molecule has 2 nitrogen and oxygen atoms in total. The maximum Gasteiger partial charge on any atom is 0.217 e. The Morgan fingerprint density at radius 3 is 2.62 bits per heavy atom. The molecular formula is C11H19NO. The lowest BCUT2D eigenvalue weighted by Crippen LogP contribution is -2.38. The highest BCUT2D eigenvalue weighted by Crippen LogP contribution is 2.49.